The third-order valence-corrected chi connectivity index (χ3v) is 10.3. The first-order valence-corrected chi connectivity index (χ1v) is 15.3. The Morgan fingerprint density at radius 2 is 1.91 bits per heavy atom. The zero-order valence-electron chi connectivity index (χ0n) is 20.0. The van der Waals surface area contributed by atoms with Crippen molar-refractivity contribution in [1.82, 2.24) is 9.71 Å². The minimum Gasteiger partial charge on any atom is -0.495 e. The highest BCUT2D eigenvalue weighted by atomic mass is 32.2. The van der Waals surface area contributed by atoms with E-state index in [1.54, 1.807) is 23.5 Å². The summed E-state index contributed by atoms with van der Waals surface area (Å²) in [4.78, 5) is 7.86. The lowest BCUT2D eigenvalue weighted by Gasteiger charge is -2.29. The van der Waals surface area contributed by atoms with Crippen LogP contribution in [0.2, 0.25) is 0 Å². The van der Waals surface area contributed by atoms with Gasteiger partial charge in [0.05, 0.1) is 12.8 Å². The number of nitrogens with zero attached hydrogens (tertiary/aromatic N) is 1. The summed E-state index contributed by atoms with van der Waals surface area (Å²) < 4.78 is 33.9. The monoisotopic (exact) mass is 529 g/mol. The van der Waals surface area contributed by atoms with Gasteiger partial charge in [0.2, 0.25) is 10.0 Å². The maximum absolute atomic E-state index is 12.9. The number of thiazole rings is 1. The normalized spacial score (nSPS) is 19.9. The Kier molecular flexibility index (Phi) is 7.39. The van der Waals surface area contributed by atoms with E-state index in [0.717, 1.165) is 54.2 Å². The van der Waals surface area contributed by atoms with Gasteiger partial charge >= 0.3 is 0 Å². The number of hydrogen-bond acceptors (Lipinski definition) is 7. The number of rotatable bonds is 7. The summed E-state index contributed by atoms with van der Waals surface area (Å²) in [5.74, 6) is 1.79. The second-order valence-corrected chi connectivity index (χ2v) is 13.2. The van der Waals surface area contributed by atoms with E-state index in [2.05, 4.69) is 34.3 Å². The number of thioether (sulfide) groups is 1. The van der Waals surface area contributed by atoms with E-state index >= 15 is 0 Å². The van der Waals surface area contributed by atoms with Crippen LogP contribution in [0.1, 0.15) is 36.1 Å². The Morgan fingerprint density at radius 1 is 1.11 bits per heavy atom. The predicted molar refractivity (Wildman–Crippen MR) is 144 cm³/mol. The fourth-order valence-electron chi connectivity index (χ4n) is 4.82. The number of sulfonamides is 1. The van der Waals surface area contributed by atoms with Gasteiger partial charge < -0.3 is 10.1 Å². The Morgan fingerprint density at radius 3 is 2.71 bits per heavy atom. The number of anilines is 1. The number of ether oxygens (including phenoxy) is 1. The van der Waals surface area contributed by atoms with Crippen molar-refractivity contribution < 1.29 is 13.2 Å². The van der Waals surface area contributed by atoms with E-state index in [1.807, 2.05) is 24.8 Å². The average molecular weight is 530 g/mol. The zero-order valence-corrected chi connectivity index (χ0v) is 22.5. The molecule has 1 aliphatic carbocycles. The second-order valence-electron chi connectivity index (χ2n) is 9.25. The molecule has 2 aliphatic rings. The lowest BCUT2D eigenvalue weighted by Crippen LogP contribution is -2.34. The van der Waals surface area contributed by atoms with Crippen LogP contribution in [0.3, 0.4) is 0 Å². The maximum Gasteiger partial charge on any atom is 0.244 e. The van der Waals surface area contributed by atoms with Crippen molar-refractivity contribution in [2.75, 3.05) is 24.7 Å². The third kappa shape index (κ3) is 5.53. The fourth-order valence-corrected chi connectivity index (χ4v) is 8.39. The number of nitrogens with one attached hydrogen (secondary N) is 2. The minimum absolute atomic E-state index is 0.207. The van der Waals surface area contributed by atoms with Gasteiger partial charge in [0.25, 0.3) is 0 Å². The van der Waals surface area contributed by atoms with E-state index in [4.69, 9.17) is 9.72 Å². The Balaban J connectivity index is 1.17. The molecule has 186 valence electrons. The standard InChI is InChI=1S/C26H31N3O3S3/c1-17-7-12-21(32-2)24(15-17)35(30,31)27-16-18-8-10-19(11-9-18)28-26-29-25-20-5-3-4-6-22(20)33-14-13-23(25)34-26/h3-7,12,15,18-19,27H,8-11,13-14,16H2,1-2H3,(H,28,29). The summed E-state index contributed by atoms with van der Waals surface area (Å²) in [5, 5.41) is 4.68. The molecule has 0 amide bonds. The topological polar surface area (TPSA) is 80.3 Å². The molecule has 5 rings (SSSR count). The zero-order chi connectivity index (χ0) is 24.4. The molecule has 0 spiro atoms. The van der Waals surface area contributed by atoms with Gasteiger partial charge in [-0.1, -0.05) is 24.3 Å². The van der Waals surface area contributed by atoms with Crippen LogP contribution < -0.4 is 14.8 Å². The fraction of sp³-hybridized carbons (Fsp3) is 0.423. The smallest absolute Gasteiger partial charge is 0.244 e. The lowest BCUT2D eigenvalue weighted by molar-refractivity contribution is 0.337. The highest BCUT2D eigenvalue weighted by Crippen LogP contribution is 2.41. The van der Waals surface area contributed by atoms with Gasteiger partial charge in [-0.25, -0.2) is 18.1 Å². The molecule has 0 atom stereocenters. The average Bonchev–Trinajstić information content (AvgIpc) is 3.18. The number of fused-ring (bicyclic) bond motifs is 3. The molecule has 1 aromatic heterocycles. The van der Waals surface area contributed by atoms with Crippen molar-refractivity contribution in [3.8, 4) is 17.0 Å². The van der Waals surface area contributed by atoms with Crippen molar-refractivity contribution in [3.05, 3.63) is 52.9 Å². The van der Waals surface area contributed by atoms with Crippen LogP contribution in [0.5, 0.6) is 5.75 Å². The molecular formula is C26H31N3O3S3. The summed E-state index contributed by atoms with van der Waals surface area (Å²) in [5.41, 5.74) is 3.27. The number of aromatic nitrogens is 1. The summed E-state index contributed by atoms with van der Waals surface area (Å²) in [6, 6.07) is 14.1. The SMILES string of the molecule is COc1ccc(C)cc1S(=O)(=O)NCC1CCC(Nc2nc3c(s2)CCSc2ccccc2-3)CC1. The molecule has 1 aliphatic heterocycles. The van der Waals surface area contributed by atoms with E-state index in [0.29, 0.717) is 24.3 Å². The largest absolute Gasteiger partial charge is 0.495 e. The van der Waals surface area contributed by atoms with Gasteiger partial charge in [-0.3, -0.25) is 0 Å². The highest BCUT2D eigenvalue weighted by molar-refractivity contribution is 7.99. The van der Waals surface area contributed by atoms with Crippen molar-refractivity contribution in [2.24, 2.45) is 5.92 Å². The number of methoxy groups -OCH3 is 1. The van der Waals surface area contributed by atoms with Gasteiger partial charge in [0.15, 0.2) is 5.13 Å². The van der Waals surface area contributed by atoms with Gasteiger partial charge in [0.1, 0.15) is 10.6 Å². The Hall–Kier alpha value is -2.07. The quantitative estimate of drug-likeness (QED) is 0.407. The van der Waals surface area contributed by atoms with E-state index in [-0.39, 0.29) is 4.90 Å². The first kappa shape index (κ1) is 24.6. The van der Waals surface area contributed by atoms with Crippen LogP contribution in [0.15, 0.2) is 52.3 Å². The first-order valence-electron chi connectivity index (χ1n) is 12.1. The number of benzene rings is 2. The van der Waals surface area contributed by atoms with Crippen molar-refractivity contribution in [3.63, 3.8) is 0 Å². The second kappa shape index (κ2) is 10.5. The molecule has 0 saturated heterocycles. The molecule has 35 heavy (non-hydrogen) atoms. The summed E-state index contributed by atoms with van der Waals surface area (Å²) >= 11 is 3.69. The summed E-state index contributed by atoms with van der Waals surface area (Å²) in [6.07, 6.45) is 5.03. The lowest BCUT2D eigenvalue weighted by atomic mass is 9.86. The van der Waals surface area contributed by atoms with E-state index in [1.165, 1.54) is 22.4 Å². The Bertz CT molecular complexity index is 1300. The van der Waals surface area contributed by atoms with Crippen LogP contribution in [-0.2, 0) is 16.4 Å². The Labute approximate surface area is 216 Å². The molecule has 0 radical (unpaired) electrons. The van der Waals surface area contributed by atoms with Gasteiger partial charge in [-0.2, -0.15) is 0 Å². The minimum atomic E-state index is -3.62. The van der Waals surface area contributed by atoms with Gasteiger partial charge in [-0.15, -0.1) is 23.1 Å². The molecule has 0 bridgehead atoms. The molecule has 9 heteroatoms. The van der Waals surface area contributed by atoms with Crippen LogP contribution in [-0.4, -0.2) is 38.9 Å². The van der Waals surface area contributed by atoms with E-state index < -0.39 is 10.0 Å². The molecule has 2 heterocycles. The molecule has 1 saturated carbocycles. The molecule has 1 fully saturated rings. The number of hydrogen-bond donors (Lipinski definition) is 2. The molecule has 2 N–H and O–H groups in total. The summed E-state index contributed by atoms with van der Waals surface area (Å²) in [7, 11) is -2.12. The molecule has 6 nitrogen and oxygen atoms in total. The van der Waals surface area contributed by atoms with Crippen molar-refractivity contribution in [2.45, 2.75) is 54.9 Å². The first-order chi connectivity index (χ1) is 16.9. The van der Waals surface area contributed by atoms with Crippen molar-refractivity contribution >= 4 is 38.3 Å². The maximum atomic E-state index is 12.9. The van der Waals surface area contributed by atoms with Crippen LogP contribution in [0, 0.1) is 12.8 Å². The van der Waals surface area contributed by atoms with Gasteiger partial charge in [0, 0.05) is 33.7 Å². The molecule has 3 aromatic rings. The highest BCUT2D eigenvalue weighted by Gasteiger charge is 2.26. The van der Waals surface area contributed by atoms with Crippen LogP contribution >= 0.6 is 23.1 Å². The number of aryl methyl sites for hydroxylation is 2. The van der Waals surface area contributed by atoms with Crippen LogP contribution in [0.25, 0.3) is 11.3 Å². The molecule has 2 aromatic carbocycles. The third-order valence-electron chi connectivity index (χ3n) is 6.77. The molecular weight excluding hydrogens is 499 g/mol. The van der Waals surface area contributed by atoms with E-state index in [9.17, 15) is 8.42 Å². The summed E-state index contributed by atoms with van der Waals surface area (Å²) in [6.45, 7) is 2.33. The van der Waals surface area contributed by atoms with Gasteiger partial charge in [-0.05, 0) is 68.7 Å². The molecule has 0 unspecified atom stereocenters. The van der Waals surface area contributed by atoms with Crippen LogP contribution in [0.4, 0.5) is 5.13 Å². The van der Waals surface area contributed by atoms with Crippen molar-refractivity contribution in [1.29, 1.82) is 0 Å². The predicted octanol–water partition coefficient (Wildman–Crippen LogP) is 5.72.